The number of hydrogen-bond acceptors (Lipinski definition) is 0. The van der Waals surface area contributed by atoms with Crippen molar-refractivity contribution in [2.24, 2.45) is 0 Å². The Morgan fingerprint density at radius 2 is 1.00 bits per heavy atom. The molecule has 0 fully saturated rings. The first-order chi connectivity index (χ1) is 0. The van der Waals surface area contributed by atoms with Crippen molar-refractivity contribution in [1.82, 2.24) is 0 Å². The molecule has 0 aromatic heterocycles. The van der Waals surface area contributed by atoms with E-state index in [1.54, 1.807) is 0 Å². The molecule has 0 unspecified atom stereocenters. The molecule has 0 heterocycles. The van der Waals surface area contributed by atoms with Gasteiger partial charge in [0.15, 0.2) is 0 Å². The zero-order chi connectivity index (χ0) is 0. The molecule has 0 atom stereocenters. The van der Waals surface area contributed by atoms with E-state index in [1.165, 1.54) is 0 Å². The SMILES string of the molecule is [Co].[Cu].[Mo].[Ni].[Zr]. The van der Waals surface area contributed by atoms with E-state index in [1.807, 2.05) is 0 Å². The summed E-state index contributed by atoms with van der Waals surface area (Å²) >= 11 is 0. The third-order valence-electron chi connectivity index (χ3n) is 0. The Balaban J connectivity index is 0. The third kappa shape index (κ3) is 19.2. The van der Waals surface area contributed by atoms with Crippen LogP contribution >= 0.6 is 0 Å². The quantitative estimate of drug-likeness (QED) is 0.528. The summed E-state index contributed by atoms with van der Waals surface area (Å²) in [6.07, 6.45) is 0. The Labute approximate surface area is 96.0 Å². The van der Waals surface area contributed by atoms with E-state index in [0.717, 1.165) is 0 Å². The van der Waals surface area contributed by atoms with Crippen molar-refractivity contribution >= 4 is 0 Å². The van der Waals surface area contributed by atoms with Gasteiger partial charge in [0.2, 0.25) is 0 Å². The summed E-state index contributed by atoms with van der Waals surface area (Å²) in [7, 11) is 0. The first-order valence-electron chi connectivity index (χ1n) is 0. The summed E-state index contributed by atoms with van der Waals surface area (Å²) in [5.41, 5.74) is 0. The maximum absolute atomic E-state index is 0. The van der Waals surface area contributed by atoms with Gasteiger partial charge in [-0.3, -0.25) is 0 Å². The van der Waals surface area contributed by atoms with Gasteiger partial charge in [0.25, 0.3) is 0 Å². The molecule has 40 valence electrons. The van der Waals surface area contributed by atoms with E-state index in [9.17, 15) is 0 Å². The summed E-state index contributed by atoms with van der Waals surface area (Å²) in [4.78, 5) is 0. The van der Waals surface area contributed by atoms with E-state index in [2.05, 4.69) is 0 Å². The first-order valence-corrected chi connectivity index (χ1v) is 0. The first kappa shape index (κ1) is 42.6. The number of hydrogen-bond donors (Lipinski definition) is 0. The van der Waals surface area contributed by atoms with Gasteiger partial charge in [-0.05, 0) is 0 Å². The van der Waals surface area contributed by atoms with Crippen LogP contribution in [-0.4, -0.2) is 0 Å². The molecule has 0 aliphatic rings. The molecule has 2 radical (unpaired) electrons. The monoisotopic (exact) mass is 368 g/mol. The van der Waals surface area contributed by atoms with Crippen LogP contribution in [-0.2, 0) is 97.6 Å². The van der Waals surface area contributed by atoms with E-state index < -0.39 is 0 Å². The zero-order valence-electron chi connectivity index (χ0n) is 1.86. The molecule has 0 saturated carbocycles. The van der Waals surface area contributed by atoms with Crippen LogP contribution in [0.3, 0.4) is 0 Å². The van der Waals surface area contributed by atoms with Gasteiger partial charge >= 0.3 is 0 Å². The molecule has 0 aromatic carbocycles. The van der Waals surface area contributed by atoms with E-state index in [4.69, 9.17) is 0 Å². The normalized spacial score (nSPS) is 0. The Hall–Kier alpha value is 3.09. The summed E-state index contributed by atoms with van der Waals surface area (Å²) in [5.74, 6) is 0. The summed E-state index contributed by atoms with van der Waals surface area (Å²) in [6.45, 7) is 0. The molecule has 0 N–H and O–H groups in total. The molecule has 0 bridgehead atoms. The second-order valence-corrected chi connectivity index (χ2v) is 0. The molecule has 5 heteroatoms. The van der Waals surface area contributed by atoms with Gasteiger partial charge in [0, 0.05) is 97.6 Å². The molecule has 0 aliphatic heterocycles. The third-order valence-corrected chi connectivity index (χ3v) is 0. The summed E-state index contributed by atoms with van der Waals surface area (Å²) < 4.78 is 0. The maximum atomic E-state index is 0. The van der Waals surface area contributed by atoms with Crippen LogP contribution in [0.2, 0.25) is 0 Å². The molecule has 0 amide bonds. The van der Waals surface area contributed by atoms with Gasteiger partial charge < -0.3 is 0 Å². The Kier molecular flexibility index (Phi) is 235. The predicted octanol–water partition coefficient (Wildman–Crippen LogP) is -0.0125. The van der Waals surface area contributed by atoms with Crippen LogP contribution in [0.25, 0.3) is 0 Å². The van der Waals surface area contributed by atoms with E-state index in [-0.39, 0.29) is 97.6 Å². The topological polar surface area (TPSA) is 0 Å². The standard InChI is InChI=1S/Co.Cu.Mo.Ni.Zr. The zero-order valence-corrected chi connectivity index (χ0v) is 9.29. The second kappa shape index (κ2) is 27.5. The number of rotatable bonds is 0. The molecule has 0 nitrogen and oxygen atoms in total. The Morgan fingerprint density at radius 1 is 1.00 bits per heavy atom. The van der Waals surface area contributed by atoms with E-state index in [0.29, 0.717) is 0 Å². The van der Waals surface area contributed by atoms with Crippen LogP contribution < -0.4 is 0 Å². The Bertz CT molecular complexity index is 11.6. The van der Waals surface area contributed by atoms with Crippen LogP contribution in [0.15, 0.2) is 0 Å². The van der Waals surface area contributed by atoms with Gasteiger partial charge in [0.05, 0.1) is 0 Å². The Morgan fingerprint density at radius 3 is 1.00 bits per heavy atom. The van der Waals surface area contributed by atoms with Gasteiger partial charge in [-0.2, -0.15) is 0 Å². The summed E-state index contributed by atoms with van der Waals surface area (Å²) in [5, 5.41) is 0. The fourth-order valence-corrected chi connectivity index (χ4v) is 0. The minimum atomic E-state index is 0. The van der Waals surface area contributed by atoms with Gasteiger partial charge in [0.1, 0.15) is 0 Å². The largest absolute Gasteiger partial charge is 0 e. The minimum Gasteiger partial charge on any atom is 0 e. The van der Waals surface area contributed by atoms with Crippen LogP contribution in [0.5, 0.6) is 0 Å². The van der Waals surface area contributed by atoms with Crippen molar-refractivity contribution in [3.8, 4) is 0 Å². The fraction of sp³-hybridized carbons (Fsp3) is 0. The second-order valence-electron chi connectivity index (χ2n) is 0. The summed E-state index contributed by atoms with van der Waals surface area (Å²) in [6, 6.07) is 0. The molecule has 0 aromatic rings. The molecular formula is CoCuMoNiZr. The fourth-order valence-electron chi connectivity index (χ4n) is 0. The average Bonchev–Trinajstić information content (AvgIpc) is 0. The van der Waals surface area contributed by atoms with Gasteiger partial charge in [-0.1, -0.05) is 0 Å². The van der Waals surface area contributed by atoms with E-state index >= 15 is 0 Å². The van der Waals surface area contributed by atoms with Crippen molar-refractivity contribution in [3.05, 3.63) is 0 Å². The van der Waals surface area contributed by atoms with Crippen LogP contribution in [0.1, 0.15) is 0 Å². The predicted molar refractivity (Wildman–Crippen MR) is 0 cm³/mol. The maximum Gasteiger partial charge on any atom is 0 e. The van der Waals surface area contributed by atoms with Crippen LogP contribution in [0.4, 0.5) is 0 Å². The van der Waals surface area contributed by atoms with Crippen molar-refractivity contribution in [1.29, 1.82) is 0 Å². The van der Waals surface area contributed by atoms with Crippen molar-refractivity contribution in [3.63, 3.8) is 0 Å². The van der Waals surface area contributed by atoms with Crippen molar-refractivity contribution < 1.29 is 97.6 Å². The molecule has 0 rings (SSSR count). The van der Waals surface area contributed by atoms with Crippen LogP contribution in [0, 0.1) is 0 Å². The molecular weight excluding hydrogens is 368 g/mol. The molecule has 0 saturated heterocycles. The molecule has 0 spiro atoms. The molecule has 5 heavy (non-hydrogen) atoms. The molecule has 0 aliphatic carbocycles. The van der Waals surface area contributed by atoms with Crippen molar-refractivity contribution in [2.75, 3.05) is 0 Å². The minimum absolute atomic E-state index is 0. The smallest absolute Gasteiger partial charge is 0 e. The van der Waals surface area contributed by atoms with Gasteiger partial charge in [-0.25, -0.2) is 0 Å². The average molecular weight is 368 g/mol. The van der Waals surface area contributed by atoms with Crippen molar-refractivity contribution in [2.45, 2.75) is 0 Å². The van der Waals surface area contributed by atoms with Gasteiger partial charge in [-0.15, -0.1) is 0 Å².